The first-order chi connectivity index (χ1) is 6.79. The van der Waals surface area contributed by atoms with Crippen LogP contribution in [0.5, 0.6) is 0 Å². The number of hydrogen-bond acceptors (Lipinski definition) is 3. The smallest absolute Gasteiger partial charge is 0.0679 e. The standard InChI is InChI=1S/C11H22N2O/c12-7-9-1-3-10(4-2-9)13-6-5-11(14)8-13/h9-11,14H,1-8,12H2. The van der Waals surface area contributed by atoms with Crippen molar-refractivity contribution < 1.29 is 5.11 Å². The molecule has 3 N–H and O–H groups in total. The van der Waals surface area contributed by atoms with Gasteiger partial charge in [0.05, 0.1) is 6.10 Å². The Bertz CT molecular complexity index is 178. The van der Waals surface area contributed by atoms with Gasteiger partial charge in [-0.15, -0.1) is 0 Å². The van der Waals surface area contributed by atoms with E-state index >= 15 is 0 Å². The van der Waals surface area contributed by atoms with Crippen molar-refractivity contribution in [1.29, 1.82) is 0 Å². The minimum atomic E-state index is -0.0674. The van der Waals surface area contributed by atoms with Crippen molar-refractivity contribution in [2.45, 2.75) is 44.2 Å². The van der Waals surface area contributed by atoms with Crippen molar-refractivity contribution in [1.82, 2.24) is 4.90 Å². The molecule has 0 spiro atoms. The predicted molar refractivity (Wildman–Crippen MR) is 57.0 cm³/mol. The summed E-state index contributed by atoms with van der Waals surface area (Å²) in [6.07, 6.45) is 6.05. The molecule has 3 heteroatoms. The monoisotopic (exact) mass is 198 g/mol. The summed E-state index contributed by atoms with van der Waals surface area (Å²) in [4.78, 5) is 2.47. The van der Waals surface area contributed by atoms with Crippen molar-refractivity contribution in [2.75, 3.05) is 19.6 Å². The van der Waals surface area contributed by atoms with Crippen molar-refractivity contribution in [3.05, 3.63) is 0 Å². The van der Waals surface area contributed by atoms with Gasteiger partial charge in [0.25, 0.3) is 0 Å². The zero-order valence-electron chi connectivity index (χ0n) is 8.86. The number of hydrogen-bond donors (Lipinski definition) is 2. The minimum absolute atomic E-state index is 0.0674. The van der Waals surface area contributed by atoms with Gasteiger partial charge in [0.1, 0.15) is 0 Å². The van der Waals surface area contributed by atoms with E-state index in [2.05, 4.69) is 4.90 Å². The molecule has 0 bridgehead atoms. The van der Waals surface area contributed by atoms with Crippen LogP contribution in [0.1, 0.15) is 32.1 Å². The minimum Gasteiger partial charge on any atom is -0.392 e. The molecule has 2 aliphatic rings. The molecule has 1 heterocycles. The van der Waals surface area contributed by atoms with Crippen LogP contribution in [0.2, 0.25) is 0 Å². The molecule has 2 fully saturated rings. The Hall–Kier alpha value is -0.120. The summed E-state index contributed by atoms with van der Waals surface area (Å²) in [5.74, 6) is 0.763. The molecule has 2 rings (SSSR count). The predicted octanol–water partition coefficient (Wildman–Crippen LogP) is 0.570. The number of nitrogens with zero attached hydrogens (tertiary/aromatic N) is 1. The lowest BCUT2D eigenvalue weighted by Crippen LogP contribution is -2.38. The van der Waals surface area contributed by atoms with Crippen molar-refractivity contribution in [2.24, 2.45) is 11.7 Å². The third-order valence-electron chi connectivity index (χ3n) is 3.86. The Morgan fingerprint density at radius 3 is 2.36 bits per heavy atom. The zero-order chi connectivity index (χ0) is 9.97. The van der Waals surface area contributed by atoms with E-state index in [1.807, 2.05) is 0 Å². The van der Waals surface area contributed by atoms with Gasteiger partial charge in [-0.1, -0.05) is 0 Å². The average Bonchev–Trinajstić information content (AvgIpc) is 2.65. The van der Waals surface area contributed by atoms with Gasteiger partial charge in [-0.3, -0.25) is 4.90 Å². The molecule has 0 radical (unpaired) electrons. The van der Waals surface area contributed by atoms with Gasteiger partial charge in [0, 0.05) is 19.1 Å². The van der Waals surface area contributed by atoms with Gasteiger partial charge in [0.15, 0.2) is 0 Å². The molecular weight excluding hydrogens is 176 g/mol. The molecule has 1 saturated carbocycles. The molecule has 0 aromatic rings. The summed E-state index contributed by atoms with van der Waals surface area (Å²) >= 11 is 0. The summed E-state index contributed by atoms with van der Waals surface area (Å²) in [6, 6.07) is 0.731. The van der Waals surface area contributed by atoms with E-state index in [0.717, 1.165) is 38.0 Å². The topological polar surface area (TPSA) is 49.5 Å². The Kier molecular flexibility index (Phi) is 3.42. The molecule has 1 aliphatic carbocycles. The largest absolute Gasteiger partial charge is 0.392 e. The van der Waals surface area contributed by atoms with Gasteiger partial charge in [-0.05, 0) is 44.6 Å². The van der Waals surface area contributed by atoms with Crippen LogP contribution >= 0.6 is 0 Å². The molecule has 1 saturated heterocycles. The highest BCUT2D eigenvalue weighted by molar-refractivity contribution is 4.85. The highest BCUT2D eigenvalue weighted by atomic mass is 16.3. The number of likely N-dealkylation sites (tertiary alicyclic amines) is 1. The maximum atomic E-state index is 9.47. The summed E-state index contributed by atoms with van der Waals surface area (Å²) in [6.45, 7) is 2.85. The molecule has 1 aliphatic heterocycles. The molecule has 3 nitrogen and oxygen atoms in total. The first kappa shape index (κ1) is 10.4. The highest BCUT2D eigenvalue weighted by Crippen LogP contribution is 2.28. The van der Waals surface area contributed by atoms with Gasteiger partial charge in [-0.25, -0.2) is 0 Å². The Balaban J connectivity index is 1.78. The van der Waals surface area contributed by atoms with E-state index < -0.39 is 0 Å². The van der Waals surface area contributed by atoms with Gasteiger partial charge in [0.2, 0.25) is 0 Å². The molecular formula is C11H22N2O. The molecule has 82 valence electrons. The lowest BCUT2D eigenvalue weighted by atomic mass is 9.85. The van der Waals surface area contributed by atoms with E-state index in [4.69, 9.17) is 5.73 Å². The van der Waals surface area contributed by atoms with E-state index in [1.54, 1.807) is 0 Å². The van der Waals surface area contributed by atoms with E-state index in [9.17, 15) is 5.11 Å². The molecule has 0 aromatic carbocycles. The summed E-state index contributed by atoms with van der Waals surface area (Å²) in [5, 5.41) is 9.47. The number of aliphatic hydroxyl groups is 1. The maximum absolute atomic E-state index is 9.47. The van der Waals surface area contributed by atoms with Gasteiger partial charge < -0.3 is 10.8 Å². The summed E-state index contributed by atoms with van der Waals surface area (Å²) < 4.78 is 0. The third-order valence-corrected chi connectivity index (χ3v) is 3.86. The van der Waals surface area contributed by atoms with Crippen LogP contribution in [0.15, 0.2) is 0 Å². The molecule has 1 unspecified atom stereocenters. The maximum Gasteiger partial charge on any atom is 0.0679 e. The van der Waals surface area contributed by atoms with E-state index in [0.29, 0.717) is 0 Å². The molecule has 0 amide bonds. The Labute approximate surface area is 86.3 Å². The lowest BCUT2D eigenvalue weighted by molar-refractivity contribution is 0.131. The van der Waals surface area contributed by atoms with E-state index in [-0.39, 0.29) is 6.10 Å². The van der Waals surface area contributed by atoms with Crippen molar-refractivity contribution in [3.8, 4) is 0 Å². The van der Waals surface area contributed by atoms with Crippen LogP contribution in [0.25, 0.3) is 0 Å². The lowest BCUT2D eigenvalue weighted by Gasteiger charge is -2.34. The Morgan fingerprint density at radius 2 is 1.86 bits per heavy atom. The van der Waals surface area contributed by atoms with Gasteiger partial charge >= 0.3 is 0 Å². The second-order valence-electron chi connectivity index (χ2n) is 4.85. The second kappa shape index (κ2) is 4.60. The fourth-order valence-electron chi connectivity index (χ4n) is 2.85. The first-order valence-corrected chi connectivity index (χ1v) is 5.91. The summed E-state index contributed by atoms with van der Waals surface area (Å²) in [5.41, 5.74) is 5.67. The zero-order valence-corrected chi connectivity index (χ0v) is 8.86. The fraction of sp³-hybridized carbons (Fsp3) is 1.00. The van der Waals surface area contributed by atoms with Crippen LogP contribution < -0.4 is 5.73 Å². The number of rotatable bonds is 2. The summed E-state index contributed by atoms with van der Waals surface area (Å²) in [7, 11) is 0. The van der Waals surface area contributed by atoms with Crippen LogP contribution in [0.4, 0.5) is 0 Å². The van der Waals surface area contributed by atoms with Crippen molar-refractivity contribution in [3.63, 3.8) is 0 Å². The number of β-amino-alcohol motifs (C(OH)–C–C–N with tert-alkyl or cyclic N) is 1. The first-order valence-electron chi connectivity index (χ1n) is 5.91. The second-order valence-corrected chi connectivity index (χ2v) is 4.85. The van der Waals surface area contributed by atoms with Crippen LogP contribution in [0.3, 0.4) is 0 Å². The third kappa shape index (κ3) is 2.27. The quantitative estimate of drug-likeness (QED) is 0.682. The fourth-order valence-corrected chi connectivity index (χ4v) is 2.85. The number of nitrogens with two attached hydrogens (primary N) is 1. The van der Waals surface area contributed by atoms with Crippen molar-refractivity contribution >= 4 is 0 Å². The number of aliphatic hydroxyl groups excluding tert-OH is 1. The molecule has 0 aromatic heterocycles. The molecule has 14 heavy (non-hydrogen) atoms. The van der Waals surface area contributed by atoms with Crippen LogP contribution in [0, 0.1) is 5.92 Å². The highest BCUT2D eigenvalue weighted by Gasteiger charge is 2.29. The SMILES string of the molecule is NCC1CCC(N2CCC(O)C2)CC1. The Morgan fingerprint density at radius 1 is 1.14 bits per heavy atom. The normalized spacial score (nSPS) is 40.3. The van der Waals surface area contributed by atoms with Crippen LogP contribution in [-0.4, -0.2) is 41.8 Å². The van der Waals surface area contributed by atoms with E-state index in [1.165, 1.54) is 25.7 Å². The van der Waals surface area contributed by atoms with Gasteiger partial charge in [-0.2, -0.15) is 0 Å². The molecule has 1 atom stereocenters. The average molecular weight is 198 g/mol. The van der Waals surface area contributed by atoms with Crippen LogP contribution in [-0.2, 0) is 0 Å².